The van der Waals surface area contributed by atoms with Crippen LogP contribution < -0.4 is 10.6 Å². The molecule has 118 valence electrons. The molecule has 3 fully saturated rings. The third-order valence-electron chi connectivity index (χ3n) is 5.32. The van der Waals surface area contributed by atoms with E-state index in [4.69, 9.17) is 4.74 Å². The predicted octanol–water partition coefficient (Wildman–Crippen LogP) is 1.35. The van der Waals surface area contributed by atoms with Crippen LogP contribution >= 0.6 is 0 Å². The fraction of sp³-hybridized carbons (Fsp3) is 0.867. The van der Waals surface area contributed by atoms with Crippen molar-refractivity contribution < 1.29 is 19.4 Å². The summed E-state index contributed by atoms with van der Waals surface area (Å²) in [5, 5.41) is 15.3. The quantitative estimate of drug-likeness (QED) is 0.733. The Morgan fingerprint density at radius 2 is 1.86 bits per heavy atom. The highest BCUT2D eigenvalue weighted by Gasteiger charge is 2.51. The fourth-order valence-electron chi connectivity index (χ4n) is 4.36. The number of carbonyl (C=O) groups excluding carboxylic acids is 1. The average molecular weight is 296 g/mol. The van der Waals surface area contributed by atoms with E-state index in [1.54, 1.807) is 0 Å². The Morgan fingerprint density at radius 1 is 1.10 bits per heavy atom. The first-order valence-corrected chi connectivity index (χ1v) is 7.96. The molecule has 3 aliphatic rings. The van der Waals surface area contributed by atoms with Crippen LogP contribution in [0.1, 0.15) is 39.0 Å². The minimum Gasteiger partial charge on any atom is -0.481 e. The van der Waals surface area contributed by atoms with Crippen molar-refractivity contribution in [2.24, 2.45) is 17.8 Å². The third kappa shape index (κ3) is 3.00. The number of nitrogens with one attached hydrogen (secondary N) is 2. The molecule has 0 spiro atoms. The van der Waals surface area contributed by atoms with Crippen molar-refractivity contribution >= 4 is 12.0 Å². The SMILES string of the molecule is CC1CC(NC(=O)NC2C3CCC(C3)C2C(=O)O)CCO1. The van der Waals surface area contributed by atoms with Crippen LogP contribution in [-0.4, -0.2) is 41.9 Å². The Labute approximate surface area is 124 Å². The van der Waals surface area contributed by atoms with Crippen LogP contribution in [0.3, 0.4) is 0 Å². The maximum atomic E-state index is 12.2. The number of rotatable bonds is 3. The molecule has 2 amide bonds. The summed E-state index contributed by atoms with van der Waals surface area (Å²) in [5.41, 5.74) is 0. The molecule has 6 unspecified atom stereocenters. The van der Waals surface area contributed by atoms with Gasteiger partial charge in [-0.15, -0.1) is 0 Å². The number of aliphatic carboxylic acids is 1. The largest absolute Gasteiger partial charge is 0.481 e. The van der Waals surface area contributed by atoms with E-state index in [9.17, 15) is 14.7 Å². The fourth-order valence-corrected chi connectivity index (χ4v) is 4.36. The highest BCUT2D eigenvalue weighted by atomic mass is 16.5. The lowest BCUT2D eigenvalue weighted by Gasteiger charge is -2.31. The first-order chi connectivity index (χ1) is 10.0. The zero-order valence-electron chi connectivity index (χ0n) is 12.4. The lowest BCUT2D eigenvalue weighted by molar-refractivity contribution is -0.144. The zero-order valence-corrected chi connectivity index (χ0v) is 12.4. The number of hydrogen-bond donors (Lipinski definition) is 3. The summed E-state index contributed by atoms with van der Waals surface area (Å²) in [7, 11) is 0. The molecule has 21 heavy (non-hydrogen) atoms. The smallest absolute Gasteiger partial charge is 0.315 e. The van der Waals surface area contributed by atoms with Crippen LogP contribution in [-0.2, 0) is 9.53 Å². The highest BCUT2D eigenvalue weighted by molar-refractivity contribution is 5.77. The molecular weight excluding hydrogens is 272 g/mol. The van der Waals surface area contributed by atoms with Crippen molar-refractivity contribution in [1.82, 2.24) is 10.6 Å². The van der Waals surface area contributed by atoms with Crippen LogP contribution in [0.15, 0.2) is 0 Å². The van der Waals surface area contributed by atoms with Crippen LogP contribution in [0.4, 0.5) is 4.79 Å². The Morgan fingerprint density at radius 3 is 2.57 bits per heavy atom. The molecule has 3 N–H and O–H groups in total. The van der Waals surface area contributed by atoms with Crippen molar-refractivity contribution in [2.75, 3.05) is 6.61 Å². The van der Waals surface area contributed by atoms with Gasteiger partial charge < -0.3 is 20.5 Å². The molecule has 0 aromatic carbocycles. The molecule has 6 atom stereocenters. The second-order valence-electron chi connectivity index (χ2n) is 6.74. The molecule has 1 aliphatic heterocycles. The number of fused-ring (bicyclic) bond motifs is 2. The van der Waals surface area contributed by atoms with Crippen molar-refractivity contribution in [3.8, 4) is 0 Å². The number of amides is 2. The number of carboxylic acids is 1. The second kappa shape index (κ2) is 5.83. The van der Waals surface area contributed by atoms with Crippen molar-refractivity contribution in [1.29, 1.82) is 0 Å². The van der Waals surface area contributed by atoms with E-state index in [1.165, 1.54) is 0 Å². The molecule has 6 nitrogen and oxygen atoms in total. The minimum absolute atomic E-state index is 0.121. The molecule has 2 aliphatic carbocycles. The van der Waals surface area contributed by atoms with E-state index < -0.39 is 11.9 Å². The number of hydrogen-bond acceptors (Lipinski definition) is 3. The Balaban J connectivity index is 1.55. The van der Waals surface area contributed by atoms with Gasteiger partial charge in [-0.25, -0.2) is 4.79 Å². The van der Waals surface area contributed by atoms with Crippen LogP contribution in [0.2, 0.25) is 0 Å². The molecule has 2 bridgehead atoms. The van der Waals surface area contributed by atoms with Gasteiger partial charge in [0.05, 0.1) is 12.0 Å². The zero-order chi connectivity index (χ0) is 15.0. The molecule has 1 heterocycles. The molecule has 0 aromatic rings. The van der Waals surface area contributed by atoms with Crippen molar-refractivity contribution in [3.05, 3.63) is 0 Å². The Hall–Kier alpha value is -1.30. The first kappa shape index (κ1) is 14.6. The molecule has 1 saturated heterocycles. The second-order valence-corrected chi connectivity index (χ2v) is 6.74. The normalized spacial score (nSPS) is 41.8. The summed E-state index contributed by atoms with van der Waals surface area (Å²) in [6.45, 7) is 2.67. The van der Waals surface area contributed by atoms with Gasteiger partial charge in [0.1, 0.15) is 0 Å². The lowest BCUT2D eigenvalue weighted by Crippen LogP contribution is -2.53. The van der Waals surface area contributed by atoms with Gasteiger partial charge in [0.25, 0.3) is 0 Å². The van der Waals surface area contributed by atoms with Gasteiger partial charge in [0.2, 0.25) is 0 Å². The van der Waals surface area contributed by atoms with E-state index in [2.05, 4.69) is 10.6 Å². The topological polar surface area (TPSA) is 87.7 Å². The summed E-state index contributed by atoms with van der Waals surface area (Å²) < 4.78 is 5.46. The van der Waals surface area contributed by atoms with Crippen LogP contribution in [0.5, 0.6) is 0 Å². The molecular formula is C15H24N2O4. The van der Waals surface area contributed by atoms with Gasteiger partial charge in [-0.2, -0.15) is 0 Å². The average Bonchev–Trinajstić information content (AvgIpc) is 2.99. The van der Waals surface area contributed by atoms with E-state index in [0.717, 1.165) is 32.1 Å². The van der Waals surface area contributed by atoms with Crippen LogP contribution in [0, 0.1) is 17.8 Å². The monoisotopic (exact) mass is 296 g/mol. The van der Waals surface area contributed by atoms with E-state index in [1.807, 2.05) is 6.92 Å². The van der Waals surface area contributed by atoms with E-state index in [-0.39, 0.29) is 30.1 Å². The predicted molar refractivity (Wildman–Crippen MR) is 75.8 cm³/mol. The molecule has 6 heteroatoms. The van der Waals surface area contributed by atoms with Gasteiger partial charge in [0.15, 0.2) is 0 Å². The van der Waals surface area contributed by atoms with Crippen molar-refractivity contribution in [2.45, 2.75) is 57.2 Å². The summed E-state index contributed by atoms with van der Waals surface area (Å²) in [6, 6.07) is -0.313. The molecule has 2 saturated carbocycles. The lowest BCUT2D eigenvalue weighted by atomic mass is 9.84. The Bertz CT molecular complexity index is 428. The van der Waals surface area contributed by atoms with Gasteiger partial charge in [0, 0.05) is 18.7 Å². The maximum Gasteiger partial charge on any atom is 0.315 e. The molecule has 3 rings (SSSR count). The third-order valence-corrected chi connectivity index (χ3v) is 5.32. The van der Waals surface area contributed by atoms with E-state index >= 15 is 0 Å². The number of carbonyl (C=O) groups is 2. The van der Waals surface area contributed by atoms with Crippen molar-refractivity contribution in [3.63, 3.8) is 0 Å². The summed E-state index contributed by atoms with van der Waals surface area (Å²) in [5.74, 6) is -0.619. The first-order valence-electron chi connectivity index (χ1n) is 7.96. The molecule has 0 radical (unpaired) electrons. The highest BCUT2D eigenvalue weighted by Crippen LogP contribution is 2.48. The number of ether oxygens (including phenoxy) is 1. The standard InChI is InChI=1S/C15H24N2O4/c1-8-6-11(4-5-21-8)16-15(20)17-13-10-3-2-9(7-10)12(13)14(18)19/h8-13H,2-7H2,1H3,(H,18,19)(H2,16,17,20). The van der Waals surface area contributed by atoms with Crippen LogP contribution in [0.25, 0.3) is 0 Å². The van der Waals surface area contributed by atoms with Gasteiger partial charge >= 0.3 is 12.0 Å². The summed E-state index contributed by atoms with van der Waals surface area (Å²) >= 11 is 0. The van der Waals surface area contributed by atoms with Gasteiger partial charge in [-0.1, -0.05) is 0 Å². The van der Waals surface area contributed by atoms with Gasteiger partial charge in [-0.05, 0) is 50.9 Å². The number of urea groups is 1. The summed E-state index contributed by atoms with van der Waals surface area (Å²) in [4.78, 5) is 23.6. The summed E-state index contributed by atoms with van der Waals surface area (Å²) in [6.07, 6.45) is 4.75. The van der Waals surface area contributed by atoms with Gasteiger partial charge in [-0.3, -0.25) is 4.79 Å². The Kier molecular flexibility index (Phi) is 4.06. The minimum atomic E-state index is -0.771. The molecule has 0 aromatic heterocycles. The maximum absolute atomic E-state index is 12.2. The van der Waals surface area contributed by atoms with E-state index in [0.29, 0.717) is 12.5 Å². The number of carboxylic acid groups (broad SMARTS) is 1.